The quantitative estimate of drug-likeness (QED) is 0.741. The zero-order chi connectivity index (χ0) is 18.0. The van der Waals surface area contributed by atoms with Crippen LogP contribution >= 0.6 is 0 Å². The van der Waals surface area contributed by atoms with Crippen LogP contribution in [0.2, 0.25) is 0 Å². The molecule has 0 unspecified atom stereocenters. The first-order valence-electron chi connectivity index (χ1n) is 9.37. The minimum absolute atomic E-state index is 0.0428. The van der Waals surface area contributed by atoms with Crippen LogP contribution in [0.4, 0.5) is 11.4 Å². The Hall–Kier alpha value is -2.04. The van der Waals surface area contributed by atoms with Crippen molar-refractivity contribution in [2.45, 2.75) is 58.5 Å². The molecule has 5 nitrogen and oxygen atoms in total. The molecule has 0 aromatic heterocycles. The van der Waals surface area contributed by atoms with Crippen molar-refractivity contribution >= 4 is 23.2 Å². The second-order valence-electron chi connectivity index (χ2n) is 7.76. The summed E-state index contributed by atoms with van der Waals surface area (Å²) in [4.78, 5) is 23.5. The summed E-state index contributed by atoms with van der Waals surface area (Å²) < 4.78 is 0. The van der Waals surface area contributed by atoms with E-state index in [4.69, 9.17) is 0 Å². The fourth-order valence-electron chi connectivity index (χ4n) is 4.53. The van der Waals surface area contributed by atoms with Crippen LogP contribution in [0.15, 0.2) is 24.3 Å². The van der Waals surface area contributed by atoms with Crippen molar-refractivity contribution in [2.24, 2.45) is 17.8 Å². The number of carbonyl (C=O) groups excluding carboxylic acids is 2. The highest BCUT2D eigenvalue weighted by atomic mass is 16.2. The molecule has 5 atom stereocenters. The van der Waals surface area contributed by atoms with E-state index in [1.54, 1.807) is 0 Å². The van der Waals surface area contributed by atoms with E-state index in [1.165, 1.54) is 32.6 Å². The van der Waals surface area contributed by atoms with E-state index in [2.05, 4.69) is 22.9 Å². The van der Waals surface area contributed by atoms with E-state index in [1.807, 2.05) is 31.2 Å². The van der Waals surface area contributed by atoms with Gasteiger partial charge >= 0.3 is 0 Å². The minimum atomic E-state index is -0.298. The zero-order valence-electron chi connectivity index (χ0n) is 15.3. The normalized spacial score (nSPS) is 26.8. The zero-order valence-corrected chi connectivity index (χ0v) is 15.3. The van der Waals surface area contributed by atoms with Crippen LogP contribution in [0.3, 0.4) is 0 Å². The van der Waals surface area contributed by atoms with Gasteiger partial charge in [-0.1, -0.05) is 6.42 Å². The van der Waals surface area contributed by atoms with Crippen molar-refractivity contribution < 1.29 is 9.59 Å². The Morgan fingerprint density at radius 1 is 1.04 bits per heavy atom. The van der Waals surface area contributed by atoms with E-state index in [0.29, 0.717) is 5.92 Å². The summed E-state index contributed by atoms with van der Waals surface area (Å²) >= 11 is 0. The number of hydrogen-bond acceptors (Lipinski definition) is 3. The maximum Gasteiger partial charge on any atom is 0.242 e. The molecule has 2 aliphatic rings. The first kappa shape index (κ1) is 17.8. The summed E-state index contributed by atoms with van der Waals surface area (Å²) in [6.45, 7) is 5.51. The van der Waals surface area contributed by atoms with E-state index in [0.717, 1.165) is 23.2 Å². The fourth-order valence-corrected chi connectivity index (χ4v) is 4.53. The third-order valence-electron chi connectivity index (χ3n) is 5.79. The molecule has 2 amide bonds. The van der Waals surface area contributed by atoms with Gasteiger partial charge in [0.1, 0.15) is 6.04 Å². The Labute approximate surface area is 150 Å². The molecule has 2 saturated carbocycles. The molecule has 2 aliphatic carbocycles. The summed E-state index contributed by atoms with van der Waals surface area (Å²) in [6.07, 6.45) is 5.36. The van der Waals surface area contributed by atoms with E-state index >= 15 is 0 Å². The van der Waals surface area contributed by atoms with Crippen molar-refractivity contribution in [1.82, 2.24) is 5.32 Å². The Kier molecular flexibility index (Phi) is 5.30. The Morgan fingerprint density at radius 3 is 2.28 bits per heavy atom. The number of hydrogen-bond donors (Lipinski definition) is 3. The molecule has 1 aromatic carbocycles. The highest BCUT2D eigenvalue weighted by Gasteiger charge is 2.42. The fraction of sp³-hybridized carbons (Fsp3) is 0.600. The first-order valence-corrected chi connectivity index (χ1v) is 9.37. The Morgan fingerprint density at radius 2 is 1.72 bits per heavy atom. The number of carbonyl (C=O) groups is 2. The predicted octanol–water partition coefficient (Wildman–Crippen LogP) is 3.39. The van der Waals surface area contributed by atoms with Gasteiger partial charge < -0.3 is 16.0 Å². The lowest BCUT2D eigenvalue weighted by Gasteiger charge is -2.29. The molecule has 2 bridgehead atoms. The molecule has 0 saturated heterocycles. The maximum absolute atomic E-state index is 12.5. The number of anilines is 2. The molecule has 2 fully saturated rings. The number of rotatable bonds is 6. The molecule has 0 radical (unpaired) electrons. The van der Waals surface area contributed by atoms with E-state index in [9.17, 15) is 9.59 Å². The molecule has 3 rings (SSSR count). The monoisotopic (exact) mass is 343 g/mol. The standard InChI is InChI=1S/C20H29N3O2/c1-12(19-11-15-4-5-16(19)10-15)22-20(25)13(2)21-17-6-8-18(9-7-17)23-14(3)24/h6-9,12-13,15-16,19,21H,4-5,10-11H2,1-3H3,(H,22,25)(H,23,24)/t12-,13+,15-,16-,19-/m0/s1. The summed E-state index contributed by atoms with van der Waals surface area (Å²) in [5, 5.41) is 9.17. The van der Waals surface area contributed by atoms with Crippen molar-refractivity contribution in [1.29, 1.82) is 0 Å². The van der Waals surface area contributed by atoms with Crippen LogP contribution in [-0.2, 0) is 9.59 Å². The van der Waals surface area contributed by atoms with Gasteiger partial charge in [0.2, 0.25) is 11.8 Å². The molecule has 0 heterocycles. The first-order chi connectivity index (χ1) is 11.9. The lowest BCUT2D eigenvalue weighted by atomic mass is 9.84. The van der Waals surface area contributed by atoms with Gasteiger partial charge in [0.15, 0.2) is 0 Å². The minimum Gasteiger partial charge on any atom is -0.374 e. The Balaban J connectivity index is 1.49. The maximum atomic E-state index is 12.5. The molecule has 3 N–H and O–H groups in total. The predicted molar refractivity (Wildman–Crippen MR) is 100 cm³/mol. The van der Waals surface area contributed by atoms with Crippen LogP contribution in [0.1, 0.15) is 46.5 Å². The SMILES string of the molecule is CC(=O)Nc1ccc(N[C@H](C)C(=O)N[C@@H](C)[C@@H]2C[C@H]3CC[C@H]2C3)cc1. The van der Waals surface area contributed by atoms with Gasteiger partial charge in [-0.2, -0.15) is 0 Å². The number of benzene rings is 1. The average molecular weight is 343 g/mol. The van der Waals surface area contributed by atoms with Crippen molar-refractivity contribution in [3.8, 4) is 0 Å². The lowest BCUT2D eigenvalue weighted by Crippen LogP contribution is -2.46. The van der Waals surface area contributed by atoms with Gasteiger partial charge in [-0.15, -0.1) is 0 Å². The molecule has 0 aliphatic heterocycles. The molecule has 136 valence electrons. The van der Waals surface area contributed by atoms with Gasteiger partial charge in [-0.3, -0.25) is 9.59 Å². The second kappa shape index (κ2) is 7.46. The summed E-state index contributed by atoms with van der Waals surface area (Å²) in [5.74, 6) is 2.30. The topological polar surface area (TPSA) is 70.2 Å². The molecular formula is C20H29N3O2. The average Bonchev–Trinajstić information content (AvgIpc) is 3.19. The van der Waals surface area contributed by atoms with Gasteiger partial charge in [0.25, 0.3) is 0 Å². The van der Waals surface area contributed by atoms with Gasteiger partial charge in [-0.05, 0) is 75.1 Å². The van der Waals surface area contributed by atoms with Crippen LogP contribution in [0, 0.1) is 17.8 Å². The second-order valence-corrected chi connectivity index (χ2v) is 7.76. The third kappa shape index (κ3) is 4.33. The number of nitrogens with one attached hydrogen (secondary N) is 3. The van der Waals surface area contributed by atoms with Crippen molar-refractivity contribution in [3.05, 3.63) is 24.3 Å². The molecule has 0 spiro atoms. The van der Waals surface area contributed by atoms with E-state index in [-0.39, 0.29) is 23.9 Å². The molecule has 5 heteroatoms. The van der Waals surface area contributed by atoms with Crippen molar-refractivity contribution in [3.63, 3.8) is 0 Å². The largest absolute Gasteiger partial charge is 0.374 e. The number of amides is 2. The summed E-state index contributed by atoms with van der Waals surface area (Å²) in [6, 6.07) is 7.34. The van der Waals surface area contributed by atoms with Crippen LogP contribution in [-0.4, -0.2) is 23.9 Å². The van der Waals surface area contributed by atoms with Crippen molar-refractivity contribution in [2.75, 3.05) is 10.6 Å². The number of fused-ring (bicyclic) bond motifs is 2. The van der Waals surface area contributed by atoms with Crippen LogP contribution in [0.25, 0.3) is 0 Å². The highest BCUT2D eigenvalue weighted by Crippen LogP contribution is 2.49. The molecule has 1 aromatic rings. The smallest absolute Gasteiger partial charge is 0.242 e. The van der Waals surface area contributed by atoms with Gasteiger partial charge in [0, 0.05) is 24.3 Å². The van der Waals surface area contributed by atoms with Crippen LogP contribution < -0.4 is 16.0 Å². The summed E-state index contributed by atoms with van der Waals surface area (Å²) in [5.41, 5.74) is 1.62. The summed E-state index contributed by atoms with van der Waals surface area (Å²) in [7, 11) is 0. The molecular weight excluding hydrogens is 314 g/mol. The van der Waals surface area contributed by atoms with Gasteiger partial charge in [0.05, 0.1) is 0 Å². The lowest BCUT2D eigenvalue weighted by molar-refractivity contribution is -0.122. The van der Waals surface area contributed by atoms with E-state index < -0.39 is 0 Å². The third-order valence-corrected chi connectivity index (χ3v) is 5.79. The molecule has 25 heavy (non-hydrogen) atoms. The Bertz CT molecular complexity index is 628. The highest BCUT2D eigenvalue weighted by molar-refractivity contribution is 5.89. The van der Waals surface area contributed by atoms with Crippen LogP contribution in [0.5, 0.6) is 0 Å². The van der Waals surface area contributed by atoms with Gasteiger partial charge in [-0.25, -0.2) is 0 Å².